The molecule has 1 N–H and O–H groups in total. The van der Waals surface area contributed by atoms with E-state index in [2.05, 4.69) is 30.4 Å². The van der Waals surface area contributed by atoms with Gasteiger partial charge in [0, 0.05) is 42.5 Å². The molecule has 0 saturated carbocycles. The van der Waals surface area contributed by atoms with Crippen molar-refractivity contribution in [2.45, 2.75) is 26.8 Å². The molecule has 30 heavy (non-hydrogen) atoms. The molecule has 0 amide bonds. The third-order valence-corrected chi connectivity index (χ3v) is 6.18. The fourth-order valence-electron chi connectivity index (χ4n) is 4.84. The second-order valence-corrected chi connectivity index (χ2v) is 8.32. The number of hydrogen-bond acceptors (Lipinski definition) is 7. The summed E-state index contributed by atoms with van der Waals surface area (Å²) in [5.74, 6) is 1.49. The van der Waals surface area contributed by atoms with Gasteiger partial charge in [0.1, 0.15) is 0 Å². The van der Waals surface area contributed by atoms with E-state index in [0.717, 1.165) is 48.2 Å². The zero-order valence-electron chi connectivity index (χ0n) is 17.4. The van der Waals surface area contributed by atoms with E-state index in [1.165, 1.54) is 0 Å². The minimum absolute atomic E-state index is 0.0988. The van der Waals surface area contributed by atoms with Crippen LogP contribution in [0.3, 0.4) is 0 Å². The summed E-state index contributed by atoms with van der Waals surface area (Å²) in [6.07, 6.45) is 3.26. The summed E-state index contributed by atoms with van der Waals surface area (Å²) in [6.45, 7) is 8.43. The quantitative estimate of drug-likeness (QED) is 0.666. The molecule has 0 bridgehead atoms. The number of benzene rings is 1. The molecule has 8 nitrogen and oxygen atoms in total. The van der Waals surface area contributed by atoms with Crippen LogP contribution in [0.2, 0.25) is 0 Å². The van der Waals surface area contributed by atoms with Crippen LogP contribution in [0.15, 0.2) is 36.7 Å². The summed E-state index contributed by atoms with van der Waals surface area (Å²) < 4.78 is 0. The van der Waals surface area contributed by atoms with E-state index in [0.29, 0.717) is 11.5 Å². The first kappa shape index (κ1) is 18.9. The van der Waals surface area contributed by atoms with E-state index in [-0.39, 0.29) is 17.7 Å². The number of nitrogens with one attached hydrogen (secondary N) is 1. The molecular weight excluding hydrogens is 378 g/mol. The summed E-state index contributed by atoms with van der Waals surface area (Å²) in [6, 6.07) is 7.53. The van der Waals surface area contributed by atoms with E-state index in [4.69, 9.17) is 0 Å². The van der Waals surface area contributed by atoms with Crippen LogP contribution in [0.1, 0.15) is 27.3 Å². The highest BCUT2D eigenvalue weighted by Crippen LogP contribution is 2.35. The Labute approximate surface area is 175 Å². The summed E-state index contributed by atoms with van der Waals surface area (Å²) >= 11 is 0. The van der Waals surface area contributed by atoms with E-state index >= 15 is 0 Å². The first-order valence-corrected chi connectivity index (χ1v) is 10.3. The van der Waals surface area contributed by atoms with Crippen molar-refractivity contribution in [1.82, 2.24) is 30.3 Å². The lowest BCUT2D eigenvalue weighted by atomic mass is 9.88. The van der Waals surface area contributed by atoms with Gasteiger partial charge in [0.05, 0.1) is 24.1 Å². The number of carbonyl (C=O) groups excluding carboxylic acids is 1. The van der Waals surface area contributed by atoms with E-state index in [1.54, 1.807) is 17.2 Å². The Morgan fingerprint density at radius 3 is 2.53 bits per heavy atom. The van der Waals surface area contributed by atoms with Gasteiger partial charge in [0.2, 0.25) is 5.95 Å². The van der Waals surface area contributed by atoms with Crippen molar-refractivity contribution in [1.29, 1.82) is 0 Å². The SMILES string of the molecule is Cc1cc(C)nc(N2CC3CNC(C(=O)c4cccc(C)c4-n4nccn4)C3C2)n1. The smallest absolute Gasteiger partial charge is 0.225 e. The zero-order valence-corrected chi connectivity index (χ0v) is 17.4. The molecule has 2 aliphatic rings. The molecule has 2 fully saturated rings. The van der Waals surface area contributed by atoms with Crippen LogP contribution < -0.4 is 10.2 Å². The van der Waals surface area contributed by atoms with Crippen molar-refractivity contribution >= 4 is 11.7 Å². The maximum absolute atomic E-state index is 13.6. The van der Waals surface area contributed by atoms with Crippen LogP contribution in [0.4, 0.5) is 5.95 Å². The van der Waals surface area contributed by atoms with Gasteiger partial charge >= 0.3 is 0 Å². The Balaban J connectivity index is 1.43. The maximum Gasteiger partial charge on any atom is 0.225 e. The molecule has 4 heterocycles. The van der Waals surface area contributed by atoms with Crippen molar-refractivity contribution in [3.63, 3.8) is 0 Å². The van der Waals surface area contributed by atoms with Gasteiger partial charge < -0.3 is 10.2 Å². The second-order valence-electron chi connectivity index (χ2n) is 8.32. The number of fused-ring (bicyclic) bond motifs is 1. The molecule has 2 aliphatic heterocycles. The van der Waals surface area contributed by atoms with E-state index < -0.39 is 0 Å². The lowest BCUT2D eigenvalue weighted by Gasteiger charge is -2.22. The van der Waals surface area contributed by atoms with E-state index in [9.17, 15) is 4.79 Å². The molecule has 2 saturated heterocycles. The molecule has 5 rings (SSSR count). The van der Waals surface area contributed by atoms with Crippen molar-refractivity contribution in [2.75, 3.05) is 24.5 Å². The molecule has 2 aromatic heterocycles. The molecule has 3 unspecified atom stereocenters. The van der Waals surface area contributed by atoms with Crippen LogP contribution in [-0.2, 0) is 0 Å². The van der Waals surface area contributed by atoms with Crippen LogP contribution >= 0.6 is 0 Å². The number of rotatable bonds is 4. The summed E-state index contributed by atoms with van der Waals surface area (Å²) in [7, 11) is 0. The number of para-hydroxylation sites is 1. The Kier molecular flexibility index (Phi) is 4.58. The monoisotopic (exact) mass is 403 g/mol. The Bertz CT molecular complexity index is 1070. The summed E-state index contributed by atoms with van der Waals surface area (Å²) in [5, 5.41) is 12.0. The number of aryl methyl sites for hydroxylation is 3. The first-order chi connectivity index (χ1) is 14.5. The molecule has 0 radical (unpaired) electrons. The molecule has 0 aliphatic carbocycles. The Hall–Kier alpha value is -3.13. The molecule has 3 atom stereocenters. The van der Waals surface area contributed by atoms with Gasteiger partial charge in [0.15, 0.2) is 5.78 Å². The summed E-state index contributed by atoms with van der Waals surface area (Å²) in [5.41, 5.74) is 4.33. The Morgan fingerprint density at radius 1 is 1.07 bits per heavy atom. The van der Waals surface area contributed by atoms with Gasteiger partial charge in [-0.15, -0.1) is 0 Å². The predicted octanol–water partition coefficient (Wildman–Crippen LogP) is 1.89. The highest BCUT2D eigenvalue weighted by molar-refractivity contribution is 6.04. The van der Waals surface area contributed by atoms with Gasteiger partial charge in [-0.1, -0.05) is 12.1 Å². The number of Topliss-reactive ketones (excluding diaryl/α,β-unsaturated/α-hetero) is 1. The van der Waals surface area contributed by atoms with Crippen molar-refractivity contribution in [2.24, 2.45) is 11.8 Å². The minimum Gasteiger partial charge on any atom is -0.340 e. The molecular formula is C22H25N7O. The topological polar surface area (TPSA) is 88.8 Å². The number of hydrogen-bond donors (Lipinski definition) is 1. The number of nitrogens with zero attached hydrogens (tertiary/aromatic N) is 6. The second kappa shape index (κ2) is 7.28. The molecule has 154 valence electrons. The normalized spacial score (nSPS) is 23.0. The number of ketones is 1. The van der Waals surface area contributed by atoms with E-state index in [1.807, 2.05) is 45.0 Å². The van der Waals surface area contributed by atoms with Crippen LogP contribution in [0, 0.1) is 32.6 Å². The average Bonchev–Trinajstić information content (AvgIpc) is 3.43. The third-order valence-electron chi connectivity index (χ3n) is 6.18. The molecule has 0 spiro atoms. The van der Waals surface area contributed by atoms with Crippen molar-refractivity contribution in [3.8, 4) is 5.69 Å². The van der Waals surface area contributed by atoms with Crippen molar-refractivity contribution < 1.29 is 4.79 Å². The van der Waals surface area contributed by atoms with Crippen LogP contribution in [-0.4, -0.2) is 56.4 Å². The fourth-order valence-corrected chi connectivity index (χ4v) is 4.84. The fraction of sp³-hybridized carbons (Fsp3) is 0.409. The van der Waals surface area contributed by atoms with Gasteiger partial charge in [-0.25, -0.2) is 9.97 Å². The molecule has 3 aromatic rings. The number of carbonyl (C=O) groups is 1. The minimum atomic E-state index is -0.234. The zero-order chi connectivity index (χ0) is 20.8. The lowest BCUT2D eigenvalue weighted by Crippen LogP contribution is -2.39. The predicted molar refractivity (Wildman–Crippen MR) is 113 cm³/mol. The lowest BCUT2D eigenvalue weighted by molar-refractivity contribution is 0.0930. The van der Waals surface area contributed by atoms with Crippen LogP contribution in [0.25, 0.3) is 5.69 Å². The maximum atomic E-state index is 13.6. The Morgan fingerprint density at radius 2 is 1.80 bits per heavy atom. The largest absolute Gasteiger partial charge is 0.340 e. The van der Waals surface area contributed by atoms with Gasteiger partial charge in [-0.05, 0) is 44.4 Å². The standard InChI is InChI=1S/C22H25N7O/c1-13-5-4-6-17(20(13)29-24-7-8-25-29)21(30)19-18-12-28(11-16(18)10-23-19)22-26-14(2)9-15(3)27-22/h4-9,16,18-19,23H,10-12H2,1-3H3. The molecule has 1 aromatic carbocycles. The van der Waals surface area contributed by atoms with Crippen molar-refractivity contribution in [3.05, 3.63) is 59.2 Å². The first-order valence-electron chi connectivity index (χ1n) is 10.3. The molecule has 8 heteroatoms. The van der Waals surface area contributed by atoms with Gasteiger partial charge in [-0.3, -0.25) is 4.79 Å². The van der Waals surface area contributed by atoms with Crippen LogP contribution in [0.5, 0.6) is 0 Å². The third kappa shape index (κ3) is 3.17. The summed E-state index contributed by atoms with van der Waals surface area (Å²) in [4.78, 5) is 26.6. The van der Waals surface area contributed by atoms with Gasteiger partial charge in [-0.2, -0.15) is 15.0 Å². The van der Waals surface area contributed by atoms with Gasteiger partial charge in [0.25, 0.3) is 0 Å². The number of anilines is 1. The highest BCUT2D eigenvalue weighted by Gasteiger charge is 2.46. The highest BCUT2D eigenvalue weighted by atomic mass is 16.1. The average molecular weight is 403 g/mol. The number of aromatic nitrogens is 5.